The molecule has 0 amide bonds. The molecular formula is C21H30N4O2. The van der Waals surface area contributed by atoms with Crippen LogP contribution in [0.15, 0.2) is 39.8 Å². The van der Waals surface area contributed by atoms with E-state index in [-0.39, 0.29) is 0 Å². The summed E-state index contributed by atoms with van der Waals surface area (Å²) in [4.78, 5) is 4.70. The topological polar surface area (TPSA) is 71.7 Å². The molecule has 6 heteroatoms. The Bertz CT molecular complexity index is 750. The van der Waals surface area contributed by atoms with Crippen molar-refractivity contribution in [1.29, 1.82) is 0 Å². The Morgan fingerprint density at radius 3 is 2.78 bits per heavy atom. The van der Waals surface area contributed by atoms with Gasteiger partial charge >= 0.3 is 0 Å². The number of nitrogens with zero attached hydrogens (tertiary/aromatic N) is 2. The molecule has 1 saturated carbocycles. The van der Waals surface area contributed by atoms with E-state index in [1.165, 1.54) is 6.42 Å². The highest BCUT2D eigenvalue weighted by Crippen LogP contribution is 2.27. The van der Waals surface area contributed by atoms with E-state index >= 15 is 0 Å². The highest BCUT2D eigenvalue weighted by atomic mass is 16.5. The summed E-state index contributed by atoms with van der Waals surface area (Å²) in [7, 11) is 0. The Kier molecular flexibility index (Phi) is 6.74. The molecule has 6 nitrogen and oxygen atoms in total. The van der Waals surface area contributed by atoms with E-state index in [1.54, 1.807) is 0 Å². The number of rotatable bonds is 8. The maximum atomic E-state index is 6.09. The standard InChI is InChI=1S/C21H30N4O2/c1-4-22-21(24-14-18-12-19(15(2)3)25-27-18)23-13-16-8-5-6-11-20(16)26-17-9-7-10-17/h5-6,8,11-12,15,17H,4,7,9-10,13-14H2,1-3H3,(H2,22,23,24). The monoisotopic (exact) mass is 370 g/mol. The van der Waals surface area contributed by atoms with Crippen LogP contribution in [0.1, 0.15) is 63.0 Å². The summed E-state index contributed by atoms with van der Waals surface area (Å²) in [6.45, 7) is 8.15. The molecule has 0 atom stereocenters. The highest BCUT2D eigenvalue weighted by Gasteiger charge is 2.20. The van der Waals surface area contributed by atoms with Crippen LogP contribution in [0.3, 0.4) is 0 Å². The molecule has 27 heavy (non-hydrogen) atoms. The lowest BCUT2D eigenvalue weighted by Gasteiger charge is -2.27. The zero-order chi connectivity index (χ0) is 19.1. The van der Waals surface area contributed by atoms with Crippen LogP contribution in [0.5, 0.6) is 5.75 Å². The minimum Gasteiger partial charge on any atom is -0.490 e. The van der Waals surface area contributed by atoms with E-state index in [1.807, 2.05) is 24.3 Å². The van der Waals surface area contributed by atoms with Crippen molar-refractivity contribution in [3.05, 3.63) is 47.3 Å². The Morgan fingerprint density at radius 2 is 2.11 bits per heavy atom. The molecule has 1 heterocycles. The van der Waals surface area contributed by atoms with Crippen molar-refractivity contribution in [2.75, 3.05) is 6.54 Å². The molecule has 1 aliphatic rings. The van der Waals surface area contributed by atoms with Gasteiger partial charge in [0.05, 0.1) is 24.9 Å². The number of hydrogen-bond acceptors (Lipinski definition) is 4. The molecule has 2 N–H and O–H groups in total. The third-order valence-corrected chi connectivity index (χ3v) is 4.67. The lowest BCUT2D eigenvalue weighted by molar-refractivity contribution is 0.119. The molecule has 0 saturated heterocycles. The summed E-state index contributed by atoms with van der Waals surface area (Å²) >= 11 is 0. The van der Waals surface area contributed by atoms with Crippen molar-refractivity contribution in [2.45, 2.75) is 65.1 Å². The highest BCUT2D eigenvalue weighted by molar-refractivity contribution is 5.79. The second kappa shape index (κ2) is 9.44. The first-order valence-electron chi connectivity index (χ1n) is 9.88. The fraction of sp³-hybridized carbons (Fsp3) is 0.524. The van der Waals surface area contributed by atoms with Crippen molar-refractivity contribution < 1.29 is 9.26 Å². The van der Waals surface area contributed by atoms with E-state index in [0.717, 1.165) is 48.1 Å². The van der Waals surface area contributed by atoms with Crippen molar-refractivity contribution >= 4 is 5.96 Å². The fourth-order valence-corrected chi connectivity index (χ4v) is 2.78. The number of aromatic nitrogens is 1. The summed E-state index contributed by atoms with van der Waals surface area (Å²) < 4.78 is 11.5. The Balaban J connectivity index is 1.61. The van der Waals surface area contributed by atoms with Gasteiger partial charge in [0.25, 0.3) is 0 Å². The molecule has 146 valence electrons. The minimum atomic E-state index is 0.358. The smallest absolute Gasteiger partial charge is 0.191 e. The van der Waals surface area contributed by atoms with Gasteiger partial charge in [0.15, 0.2) is 11.7 Å². The number of para-hydroxylation sites is 1. The van der Waals surface area contributed by atoms with Crippen LogP contribution in [-0.4, -0.2) is 23.8 Å². The normalized spacial score (nSPS) is 14.9. The van der Waals surface area contributed by atoms with E-state index in [4.69, 9.17) is 14.3 Å². The van der Waals surface area contributed by atoms with Crippen molar-refractivity contribution in [3.63, 3.8) is 0 Å². The van der Waals surface area contributed by atoms with Gasteiger partial charge in [0.2, 0.25) is 0 Å². The van der Waals surface area contributed by atoms with Crippen LogP contribution < -0.4 is 15.4 Å². The van der Waals surface area contributed by atoms with Gasteiger partial charge in [-0.25, -0.2) is 4.99 Å². The second-order valence-electron chi connectivity index (χ2n) is 7.20. The van der Waals surface area contributed by atoms with Gasteiger partial charge in [-0.2, -0.15) is 0 Å². The first-order chi connectivity index (χ1) is 13.2. The van der Waals surface area contributed by atoms with E-state index < -0.39 is 0 Å². The fourth-order valence-electron chi connectivity index (χ4n) is 2.78. The Labute approximate surface area is 161 Å². The third-order valence-electron chi connectivity index (χ3n) is 4.67. The molecular weight excluding hydrogens is 340 g/mol. The molecule has 0 aliphatic heterocycles. The molecule has 0 radical (unpaired) electrons. The maximum Gasteiger partial charge on any atom is 0.191 e. The van der Waals surface area contributed by atoms with Gasteiger partial charge < -0.3 is 19.9 Å². The Hall–Kier alpha value is -2.50. The zero-order valence-electron chi connectivity index (χ0n) is 16.5. The van der Waals surface area contributed by atoms with Crippen LogP contribution in [0.25, 0.3) is 0 Å². The van der Waals surface area contributed by atoms with Gasteiger partial charge in [-0.05, 0) is 38.2 Å². The number of guanidine groups is 1. The van der Waals surface area contributed by atoms with Crippen LogP contribution in [0.4, 0.5) is 0 Å². The van der Waals surface area contributed by atoms with Gasteiger partial charge in [-0.1, -0.05) is 37.2 Å². The molecule has 3 rings (SSSR count). The maximum absolute atomic E-state index is 6.09. The molecule has 1 aliphatic carbocycles. The molecule has 0 spiro atoms. The number of hydrogen-bond donors (Lipinski definition) is 2. The lowest BCUT2D eigenvalue weighted by atomic mass is 9.96. The number of aliphatic imine (C=N–C) groups is 1. The quantitative estimate of drug-likeness (QED) is 0.543. The minimum absolute atomic E-state index is 0.358. The summed E-state index contributed by atoms with van der Waals surface area (Å²) in [5.74, 6) is 2.85. The largest absolute Gasteiger partial charge is 0.490 e. The van der Waals surface area contributed by atoms with Gasteiger partial charge in [-0.3, -0.25) is 0 Å². The summed E-state index contributed by atoms with van der Waals surface area (Å²) in [5, 5.41) is 10.7. The number of benzene rings is 1. The van der Waals surface area contributed by atoms with Crippen molar-refractivity contribution in [3.8, 4) is 5.75 Å². The van der Waals surface area contributed by atoms with E-state index in [2.05, 4.69) is 42.6 Å². The molecule has 0 unspecified atom stereocenters. The number of ether oxygens (including phenoxy) is 1. The predicted molar refractivity (Wildman–Crippen MR) is 107 cm³/mol. The Morgan fingerprint density at radius 1 is 1.30 bits per heavy atom. The SMILES string of the molecule is CCNC(=NCc1ccccc1OC1CCC1)NCc1cc(C(C)C)no1. The van der Waals surface area contributed by atoms with Crippen LogP contribution >= 0.6 is 0 Å². The third kappa shape index (κ3) is 5.49. The molecule has 0 bridgehead atoms. The summed E-state index contributed by atoms with van der Waals surface area (Å²) in [6, 6.07) is 10.1. The van der Waals surface area contributed by atoms with E-state index in [9.17, 15) is 0 Å². The van der Waals surface area contributed by atoms with Crippen molar-refractivity contribution in [2.24, 2.45) is 4.99 Å². The zero-order valence-corrected chi connectivity index (χ0v) is 16.5. The molecule has 1 aromatic carbocycles. The second-order valence-corrected chi connectivity index (χ2v) is 7.20. The lowest BCUT2D eigenvalue weighted by Crippen LogP contribution is -2.36. The molecule has 1 fully saturated rings. The van der Waals surface area contributed by atoms with Crippen LogP contribution in [0.2, 0.25) is 0 Å². The van der Waals surface area contributed by atoms with Gasteiger partial charge in [-0.15, -0.1) is 0 Å². The first kappa shape index (κ1) is 19.3. The number of nitrogens with one attached hydrogen (secondary N) is 2. The van der Waals surface area contributed by atoms with Crippen molar-refractivity contribution in [1.82, 2.24) is 15.8 Å². The van der Waals surface area contributed by atoms with E-state index in [0.29, 0.717) is 25.1 Å². The average Bonchev–Trinajstić information content (AvgIpc) is 3.11. The molecule has 1 aromatic heterocycles. The van der Waals surface area contributed by atoms with Gasteiger partial charge in [0.1, 0.15) is 5.75 Å². The first-order valence-corrected chi connectivity index (χ1v) is 9.88. The van der Waals surface area contributed by atoms with Crippen LogP contribution in [-0.2, 0) is 13.1 Å². The summed E-state index contributed by atoms with van der Waals surface area (Å²) in [6.07, 6.45) is 3.93. The molecule has 2 aromatic rings. The predicted octanol–water partition coefficient (Wildman–Crippen LogP) is 3.98. The summed E-state index contributed by atoms with van der Waals surface area (Å²) in [5.41, 5.74) is 2.07. The van der Waals surface area contributed by atoms with Crippen LogP contribution in [0, 0.1) is 0 Å². The van der Waals surface area contributed by atoms with Gasteiger partial charge in [0, 0.05) is 18.2 Å². The average molecular weight is 370 g/mol.